The predicted octanol–water partition coefficient (Wildman–Crippen LogP) is 4.44. The first-order chi connectivity index (χ1) is 12.5. The highest BCUT2D eigenvalue weighted by Crippen LogP contribution is 2.32. The fourth-order valence-electron chi connectivity index (χ4n) is 2.97. The van der Waals surface area contributed by atoms with E-state index in [1.807, 2.05) is 6.07 Å². The van der Waals surface area contributed by atoms with Gasteiger partial charge in [0.1, 0.15) is 11.6 Å². The number of nitrogens with one attached hydrogen (secondary N) is 1. The summed E-state index contributed by atoms with van der Waals surface area (Å²) in [5.41, 5.74) is 2.54. The molecule has 4 aromatic rings. The topological polar surface area (TPSA) is 86.2 Å². The zero-order valence-corrected chi connectivity index (χ0v) is 13.4. The van der Waals surface area contributed by atoms with E-state index in [2.05, 4.69) is 10.2 Å². The van der Waals surface area contributed by atoms with Crippen LogP contribution in [0.25, 0.3) is 33.2 Å². The zero-order valence-electron chi connectivity index (χ0n) is 13.4. The summed E-state index contributed by atoms with van der Waals surface area (Å²) in [6, 6.07) is 16.7. The van der Waals surface area contributed by atoms with Gasteiger partial charge >= 0.3 is 5.97 Å². The third kappa shape index (κ3) is 2.57. The Morgan fingerprint density at radius 3 is 2.27 bits per heavy atom. The van der Waals surface area contributed by atoms with Gasteiger partial charge in [0, 0.05) is 22.6 Å². The average molecular weight is 348 g/mol. The van der Waals surface area contributed by atoms with Gasteiger partial charge in [-0.25, -0.2) is 9.18 Å². The van der Waals surface area contributed by atoms with E-state index in [4.69, 9.17) is 0 Å². The Kier molecular flexibility index (Phi) is 3.65. The second-order valence-electron chi connectivity index (χ2n) is 5.85. The summed E-state index contributed by atoms with van der Waals surface area (Å²) in [6.07, 6.45) is 0. The average Bonchev–Trinajstić information content (AvgIpc) is 3.04. The van der Waals surface area contributed by atoms with Gasteiger partial charge < -0.3 is 10.2 Å². The van der Waals surface area contributed by atoms with E-state index < -0.39 is 11.8 Å². The number of hydrogen-bond acceptors (Lipinski definition) is 3. The maximum atomic E-state index is 14.5. The number of H-pyrrole nitrogens is 1. The zero-order chi connectivity index (χ0) is 18.3. The lowest BCUT2D eigenvalue weighted by Crippen LogP contribution is -1.97. The first-order valence-corrected chi connectivity index (χ1v) is 7.84. The van der Waals surface area contributed by atoms with Gasteiger partial charge in [-0.1, -0.05) is 42.5 Å². The van der Waals surface area contributed by atoms with Crippen molar-refractivity contribution in [1.29, 1.82) is 0 Å². The van der Waals surface area contributed by atoms with Gasteiger partial charge in [-0.15, -0.1) is 0 Å². The molecule has 6 heteroatoms. The fourth-order valence-corrected chi connectivity index (χ4v) is 2.97. The van der Waals surface area contributed by atoms with Gasteiger partial charge in [-0.3, -0.25) is 5.10 Å². The minimum Gasteiger partial charge on any atom is -0.507 e. The van der Waals surface area contributed by atoms with Crippen LogP contribution in [0.4, 0.5) is 4.39 Å². The summed E-state index contributed by atoms with van der Waals surface area (Å²) < 4.78 is 14.5. The molecule has 1 aromatic heterocycles. The molecule has 0 spiro atoms. The molecule has 26 heavy (non-hydrogen) atoms. The number of benzene rings is 3. The van der Waals surface area contributed by atoms with E-state index in [0.29, 0.717) is 22.0 Å². The number of phenolic OH excluding ortho intramolecular Hbond substituents is 1. The number of para-hydroxylation sites is 1. The number of aromatic nitrogens is 2. The molecule has 128 valence electrons. The summed E-state index contributed by atoms with van der Waals surface area (Å²) in [5.74, 6) is -1.49. The van der Waals surface area contributed by atoms with Crippen LogP contribution in [0, 0.1) is 5.82 Å². The Hall–Kier alpha value is -3.67. The van der Waals surface area contributed by atoms with Gasteiger partial charge in [0.05, 0.1) is 5.52 Å². The summed E-state index contributed by atoms with van der Waals surface area (Å²) in [7, 11) is 0. The molecule has 0 atom stereocenters. The van der Waals surface area contributed by atoms with E-state index in [1.54, 1.807) is 42.5 Å². The van der Waals surface area contributed by atoms with Crippen LogP contribution in [0.5, 0.6) is 5.75 Å². The Labute approximate surface area is 147 Å². The number of hydrogen-bond donors (Lipinski definition) is 3. The Bertz CT molecular complexity index is 1130. The highest BCUT2D eigenvalue weighted by Gasteiger charge is 2.16. The number of carboxylic acids is 1. The molecule has 0 unspecified atom stereocenters. The second-order valence-corrected chi connectivity index (χ2v) is 5.85. The van der Waals surface area contributed by atoms with Crippen molar-refractivity contribution in [2.24, 2.45) is 0 Å². The lowest BCUT2D eigenvalue weighted by atomic mass is 9.98. The van der Waals surface area contributed by atoms with Crippen molar-refractivity contribution in [2.75, 3.05) is 0 Å². The Morgan fingerprint density at radius 2 is 1.62 bits per heavy atom. The van der Waals surface area contributed by atoms with Crippen molar-refractivity contribution < 1.29 is 19.4 Å². The van der Waals surface area contributed by atoms with Crippen LogP contribution in [0.15, 0.2) is 60.7 Å². The minimum atomic E-state index is -1.18. The van der Waals surface area contributed by atoms with Crippen molar-refractivity contribution >= 4 is 16.9 Å². The summed E-state index contributed by atoms with van der Waals surface area (Å²) in [4.78, 5) is 11.2. The molecule has 0 saturated heterocycles. The molecule has 3 aromatic carbocycles. The number of rotatable bonds is 3. The number of aromatic amines is 1. The Morgan fingerprint density at radius 1 is 0.962 bits per heavy atom. The van der Waals surface area contributed by atoms with E-state index in [9.17, 15) is 19.4 Å². The number of aromatic hydroxyl groups is 1. The number of carbonyl (C=O) groups is 1. The molecule has 0 fully saturated rings. The van der Waals surface area contributed by atoms with Crippen LogP contribution >= 0.6 is 0 Å². The van der Waals surface area contributed by atoms with Gasteiger partial charge in [-0.05, 0) is 23.3 Å². The molecule has 0 amide bonds. The molecule has 3 N–H and O–H groups in total. The monoisotopic (exact) mass is 348 g/mol. The standard InChI is InChI=1S/C20H13FN2O3/c21-16-10-17-15(19(20(25)26)23-22-17)9-14(16)12-7-5-11(6-8-12)13-3-1-2-4-18(13)24/h1-10,24H,(H,22,23)(H,25,26). The molecule has 0 bridgehead atoms. The number of phenols is 1. The quantitative estimate of drug-likeness (QED) is 0.511. The van der Waals surface area contributed by atoms with E-state index >= 15 is 0 Å². The minimum absolute atomic E-state index is 0.146. The number of nitrogens with zero attached hydrogens (tertiary/aromatic N) is 1. The number of carboxylic acid groups (broad SMARTS) is 1. The van der Waals surface area contributed by atoms with Crippen LogP contribution in [-0.2, 0) is 0 Å². The highest BCUT2D eigenvalue weighted by atomic mass is 19.1. The molecular weight excluding hydrogens is 335 g/mol. The maximum absolute atomic E-state index is 14.5. The smallest absolute Gasteiger partial charge is 0.357 e. The van der Waals surface area contributed by atoms with Gasteiger partial charge in [0.2, 0.25) is 0 Å². The third-order valence-corrected chi connectivity index (χ3v) is 4.26. The van der Waals surface area contributed by atoms with Crippen molar-refractivity contribution in [1.82, 2.24) is 10.2 Å². The first kappa shape index (κ1) is 15.8. The molecule has 0 radical (unpaired) electrons. The van der Waals surface area contributed by atoms with Crippen LogP contribution in [0.3, 0.4) is 0 Å². The van der Waals surface area contributed by atoms with Gasteiger partial charge in [0.25, 0.3) is 0 Å². The largest absolute Gasteiger partial charge is 0.507 e. The van der Waals surface area contributed by atoms with Crippen molar-refractivity contribution in [3.05, 3.63) is 72.2 Å². The first-order valence-electron chi connectivity index (χ1n) is 7.84. The van der Waals surface area contributed by atoms with Gasteiger partial charge in [0.15, 0.2) is 5.69 Å². The van der Waals surface area contributed by atoms with Crippen LogP contribution in [-0.4, -0.2) is 26.4 Å². The molecule has 1 heterocycles. The molecule has 0 saturated carbocycles. The number of halogens is 1. The Balaban J connectivity index is 1.80. The number of aromatic carboxylic acids is 1. The van der Waals surface area contributed by atoms with Gasteiger partial charge in [-0.2, -0.15) is 5.10 Å². The predicted molar refractivity (Wildman–Crippen MR) is 95.5 cm³/mol. The molecule has 0 aliphatic carbocycles. The highest BCUT2D eigenvalue weighted by molar-refractivity contribution is 6.02. The van der Waals surface area contributed by atoms with Crippen LogP contribution in [0.2, 0.25) is 0 Å². The van der Waals surface area contributed by atoms with E-state index in [1.165, 1.54) is 12.1 Å². The lowest BCUT2D eigenvalue weighted by Gasteiger charge is -2.08. The maximum Gasteiger partial charge on any atom is 0.357 e. The van der Waals surface area contributed by atoms with Crippen LogP contribution < -0.4 is 0 Å². The summed E-state index contributed by atoms with van der Waals surface area (Å²) >= 11 is 0. The SMILES string of the molecule is O=C(O)c1n[nH]c2cc(F)c(-c3ccc(-c4ccccc4O)cc3)cc12. The van der Waals surface area contributed by atoms with E-state index in [-0.39, 0.29) is 17.0 Å². The molecule has 0 aliphatic rings. The second kappa shape index (κ2) is 6.00. The van der Waals surface area contributed by atoms with Crippen molar-refractivity contribution in [2.45, 2.75) is 0 Å². The normalized spacial score (nSPS) is 11.0. The summed E-state index contributed by atoms with van der Waals surface area (Å²) in [5, 5.41) is 25.7. The molecule has 4 rings (SSSR count). The summed E-state index contributed by atoms with van der Waals surface area (Å²) in [6.45, 7) is 0. The van der Waals surface area contributed by atoms with Crippen molar-refractivity contribution in [3.8, 4) is 28.0 Å². The molecule has 5 nitrogen and oxygen atoms in total. The third-order valence-electron chi connectivity index (χ3n) is 4.26. The molecule has 0 aliphatic heterocycles. The fraction of sp³-hybridized carbons (Fsp3) is 0. The lowest BCUT2D eigenvalue weighted by molar-refractivity contribution is 0.0692. The van der Waals surface area contributed by atoms with Crippen LogP contribution in [0.1, 0.15) is 10.5 Å². The van der Waals surface area contributed by atoms with Crippen molar-refractivity contribution in [3.63, 3.8) is 0 Å². The number of fused-ring (bicyclic) bond motifs is 1. The van der Waals surface area contributed by atoms with E-state index in [0.717, 1.165) is 5.56 Å². The molecular formula is C20H13FN2O3.